The first-order chi connectivity index (χ1) is 12.1. The molecule has 0 saturated heterocycles. The summed E-state index contributed by atoms with van der Waals surface area (Å²) in [4.78, 5) is 26.1. The van der Waals surface area contributed by atoms with E-state index in [4.69, 9.17) is 0 Å². The van der Waals surface area contributed by atoms with Gasteiger partial charge in [-0.25, -0.2) is 0 Å². The van der Waals surface area contributed by atoms with E-state index in [9.17, 15) is 14.7 Å². The quantitative estimate of drug-likeness (QED) is 0.474. The number of benzene rings is 2. The van der Waals surface area contributed by atoms with Crippen molar-refractivity contribution in [1.82, 2.24) is 4.57 Å². The van der Waals surface area contributed by atoms with Crippen LogP contribution in [0.3, 0.4) is 0 Å². The van der Waals surface area contributed by atoms with Crippen LogP contribution < -0.4 is 0 Å². The van der Waals surface area contributed by atoms with E-state index in [1.165, 1.54) is 0 Å². The van der Waals surface area contributed by atoms with Crippen LogP contribution in [0.5, 0.6) is 5.75 Å². The molecule has 5 rings (SSSR count). The number of hydrogen-bond donors (Lipinski definition) is 1. The SMILES string of the molecule is Cc1c2c(c3n1Cc1ccc(O)cc1C3)C(=O)c1ccccc1C2=O. The molecule has 2 aliphatic rings. The topological polar surface area (TPSA) is 59.3 Å². The predicted octanol–water partition coefficient (Wildman–Crippen LogP) is 3.23. The van der Waals surface area contributed by atoms with Gasteiger partial charge in [0.15, 0.2) is 11.6 Å². The van der Waals surface area contributed by atoms with E-state index in [-0.39, 0.29) is 17.3 Å². The second-order valence-electron chi connectivity index (χ2n) is 6.70. The van der Waals surface area contributed by atoms with Gasteiger partial charge >= 0.3 is 0 Å². The summed E-state index contributed by atoms with van der Waals surface area (Å²) >= 11 is 0. The fourth-order valence-electron chi connectivity index (χ4n) is 4.15. The van der Waals surface area contributed by atoms with Crippen molar-refractivity contribution in [2.24, 2.45) is 0 Å². The maximum absolute atomic E-state index is 13.1. The van der Waals surface area contributed by atoms with Crippen molar-refractivity contribution in [2.75, 3.05) is 0 Å². The van der Waals surface area contributed by atoms with Crippen LogP contribution in [-0.2, 0) is 13.0 Å². The van der Waals surface area contributed by atoms with Crippen molar-refractivity contribution in [1.29, 1.82) is 0 Å². The molecule has 0 unspecified atom stereocenters. The first-order valence-electron chi connectivity index (χ1n) is 8.27. The summed E-state index contributed by atoms with van der Waals surface area (Å²) in [7, 11) is 0. The molecule has 1 aliphatic carbocycles. The largest absolute Gasteiger partial charge is 0.508 e. The monoisotopic (exact) mass is 329 g/mol. The summed E-state index contributed by atoms with van der Waals surface area (Å²) in [6.45, 7) is 2.52. The summed E-state index contributed by atoms with van der Waals surface area (Å²) in [5, 5.41) is 9.78. The predicted molar refractivity (Wildman–Crippen MR) is 92.5 cm³/mol. The zero-order valence-electron chi connectivity index (χ0n) is 13.7. The second-order valence-corrected chi connectivity index (χ2v) is 6.70. The summed E-state index contributed by atoms with van der Waals surface area (Å²) < 4.78 is 2.08. The second kappa shape index (κ2) is 4.70. The molecule has 3 aromatic rings. The van der Waals surface area contributed by atoms with Crippen LogP contribution >= 0.6 is 0 Å². The van der Waals surface area contributed by atoms with Gasteiger partial charge in [-0.1, -0.05) is 30.3 Å². The first-order valence-corrected chi connectivity index (χ1v) is 8.27. The van der Waals surface area contributed by atoms with Crippen molar-refractivity contribution in [2.45, 2.75) is 19.9 Å². The molecule has 0 radical (unpaired) electrons. The Morgan fingerprint density at radius 3 is 2.32 bits per heavy atom. The summed E-state index contributed by atoms with van der Waals surface area (Å²) in [5.41, 5.74) is 5.88. The van der Waals surface area contributed by atoms with Crippen LogP contribution in [0.15, 0.2) is 42.5 Å². The van der Waals surface area contributed by atoms with Crippen LogP contribution in [0.1, 0.15) is 54.4 Å². The Balaban J connectivity index is 1.77. The Labute approximate surface area is 144 Å². The average molecular weight is 329 g/mol. The fraction of sp³-hybridized carbons (Fsp3) is 0.143. The minimum absolute atomic E-state index is 0.0727. The van der Waals surface area contributed by atoms with Crippen molar-refractivity contribution >= 4 is 11.6 Å². The molecule has 0 saturated carbocycles. The summed E-state index contributed by atoms with van der Waals surface area (Å²) in [6, 6.07) is 12.4. The van der Waals surface area contributed by atoms with Crippen molar-refractivity contribution in [3.8, 4) is 5.75 Å². The van der Waals surface area contributed by atoms with Gasteiger partial charge < -0.3 is 9.67 Å². The van der Waals surface area contributed by atoms with E-state index in [2.05, 4.69) is 4.57 Å². The van der Waals surface area contributed by atoms with Gasteiger partial charge in [-0.3, -0.25) is 9.59 Å². The lowest BCUT2D eigenvalue weighted by molar-refractivity contribution is 0.0979. The molecule has 1 N–H and O–H groups in total. The van der Waals surface area contributed by atoms with Gasteiger partial charge in [0.05, 0.1) is 11.1 Å². The maximum Gasteiger partial charge on any atom is 0.196 e. The number of aromatic nitrogens is 1. The van der Waals surface area contributed by atoms with Crippen LogP contribution in [0, 0.1) is 6.92 Å². The molecule has 0 spiro atoms. The van der Waals surface area contributed by atoms with Gasteiger partial charge in [0.25, 0.3) is 0 Å². The van der Waals surface area contributed by atoms with E-state index in [1.54, 1.807) is 36.4 Å². The number of carbonyl (C=O) groups excluding carboxylic acids is 2. The van der Waals surface area contributed by atoms with Crippen LogP contribution in [0.4, 0.5) is 0 Å². The van der Waals surface area contributed by atoms with Gasteiger partial charge in [0.2, 0.25) is 0 Å². The Kier molecular flexibility index (Phi) is 2.67. The lowest BCUT2D eigenvalue weighted by Crippen LogP contribution is -2.21. The number of hydrogen-bond acceptors (Lipinski definition) is 3. The first kappa shape index (κ1) is 14.2. The van der Waals surface area contributed by atoms with Crippen molar-refractivity contribution in [3.05, 3.63) is 87.2 Å². The van der Waals surface area contributed by atoms with Gasteiger partial charge in [-0.05, 0) is 30.2 Å². The van der Waals surface area contributed by atoms with E-state index in [0.29, 0.717) is 35.2 Å². The minimum atomic E-state index is -0.0781. The van der Waals surface area contributed by atoms with Crippen LogP contribution in [0.25, 0.3) is 0 Å². The zero-order valence-corrected chi connectivity index (χ0v) is 13.7. The molecule has 1 aliphatic heterocycles. The molecule has 0 bridgehead atoms. The number of ketones is 2. The van der Waals surface area contributed by atoms with Gasteiger partial charge in [0.1, 0.15) is 5.75 Å². The number of phenolic OH excluding ortho intramolecular Hbond substituents is 1. The molecular formula is C21H15NO3. The van der Waals surface area contributed by atoms with Gasteiger partial charge in [-0.2, -0.15) is 0 Å². The zero-order chi connectivity index (χ0) is 17.3. The molecule has 25 heavy (non-hydrogen) atoms. The highest BCUT2D eigenvalue weighted by Crippen LogP contribution is 2.38. The minimum Gasteiger partial charge on any atom is -0.508 e. The Hall–Kier alpha value is -3.14. The molecule has 122 valence electrons. The number of aromatic hydroxyl groups is 1. The molecule has 1 aromatic heterocycles. The molecular weight excluding hydrogens is 314 g/mol. The number of carbonyl (C=O) groups is 2. The lowest BCUT2D eigenvalue weighted by atomic mass is 9.83. The number of rotatable bonds is 0. The summed E-state index contributed by atoms with van der Waals surface area (Å²) in [6.07, 6.45) is 0.543. The highest BCUT2D eigenvalue weighted by Gasteiger charge is 2.37. The molecule has 2 heterocycles. The molecule has 4 nitrogen and oxygen atoms in total. The normalized spacial score (nSPS) is 14.6. The fourth-order valence-corrected chi connectivity index (χ4v) is 4.15. The van der Waals surface area contributed by atoms with Crippen molar-refractivity contribution in [3.63, 3.8) is 0 Å². The Morgan fingerprint density at radius 1 is 0.920 bits per heavy atom. The van der Waals surface area contributed by atoms with Crippen molar-refractivity contribution < 1.29 is 14.7 Å². The summed E-state index contributed by atoms with van der Waals surface area (Å²) in [5.74, 6) is 0.0688. The highest BCUT2D eigenvalue weighted by atomic mass is 16.3. The standard InChI is InChI=1S/C21H15NO3/c1-11-18-19(21(25)16-5-3-2-4-15(16)20(18)24)17-9-13-8-14(23)7-6-12(13)10-22(11)17/h2-8,23H,9-10H2,1H3. The molecule has 0 fully saturated rings. The number of fused-ring (bicyclic) bond motifs is 5. The Bertz CT molecular complexity index is 1100. The molecule has 0 amide bonds. The van der Waals surface area contributed by atoms with E-state index >= 15 is 0 Å². The third-order valence-electron chi connectivity index (χ3n) is 5.38. The van der Waals surface area contributed by atoms with E-state index in [0.717, 1.165) is 22.5 Å². The maximum atomic E-state index is 13.1. The molecule has 0 atom stereocenters. The molecule has 4 heteroatoms. The third kappa shape index (κ3) is 1.76. The average Bonchev–Trinajstić information content (AvgIpc) is 2.90. The van der Waals surface area contributed by atoms with Gasteiger partial charge in [-0.15, -0.1) is 0 Å². The van der Waals surface area contributed by atoms with Crippen LogP contribution in [0.2, 0.25) is 0 Å². The number of nitrogens with zero attached hydrogens (tertiary/aromatic N) is 1. The van der Waals surface area contributed by atoms with E-state index in [1.807, 2.05) is 13.0 Å². The highest BCUT2D eigenvalue weighted by molar-refractivity contribution is 6.29. The smallest absolute Gasteiger partial charge is 0.196 e. The third-order valence-corrected chi connectivity index (χ3v) is 5.38. The Morgan fingerprint density at radius 2 is 1.60 bits per heavy atom. The van der Waals surface area contributed by atoms with Gasteiger partial charge in [0, 0.05) is 35.5 Å². The lowest BCUT2D eigenvalue weighted by Gasteiger charge is -2.22. The van der Waals surface area contributed by atoms with Crippen LogP contribution in [-0.4, -0.2) is 21.2 Å². The molecule has 2 aromatic carbocycles. The van der Waals surface area contributed by atoms with E-state index < -0.39 is 0 Å². The number of phenols is 1.